The molecule has 0 aliphatic heterocycles. The molecule has 19 heavy (non-hydrogen) atoms. The molecule has 0 heterocycles. The van der Waals surface area contributed by atoms with E-state index in [1.165, 1.54) is 0 Å². The van der Waals surface area contributed by atoms with Gasteiger partial charge in [0, 0.05) is 17.6 Å². The molecular formula is C14H22BrN3O. The lowest BCUT2D eigenvalue weighted by molar-refractivity contribution is -0.120. The first kappa shape index (κ1) is 15.8. The number of hydrogen-bond acceptors (Lipinski definition) is 3. The van der Waals surface area contributed by atoms with E-state index in [1.54, 1.807) is 0 Å². The van der Waals surface area contributed by atoms with Gasteiger partial charge in [0.05, 0.1) is 17.9 Å². The second-order valence-corrected chi connectivity index (χ2v) is 6.08. The third-order valence-electron chi connectivity index (χ3n) is 3.17. The van der Waals surface area contributed by atoms with Crippen LogP contribution in [-0.2, 0) is 4.79 Å². The highest BCUT2D eigenvalue weighted by atomic mass is 79.9. The smallest absolute Gasteiger partial charge is 0.239 e. The Balaban J connectivity index is 2.64. The molecule has 1 unspecified atom stereocenters. The summed E-state index contributed by atoms with van der Waals surface area (Å²) in [6.45, 7) is 6.47. The van der Waals surface area contributed by atoms with Crippen LogP contribution in [0.25, 0.3) is 0 Å². The summed E-state index contributed by atoms with van der Waals surface area (Å²) in [4.78, 5) is 13.8. The van der Waals surface area contributed by atoms with Gasteiger partial charge in [-0.2, -0.15) is 0 Å². The molecule has 0 spiro atoms. The molecule has 1 rings (SSSR count). The fourth-order valence-electron chi connectivity index (χ4n) is 1.64. The average molecular weight is 328 g/mol. The number of rotatable bonds is 5. The standard InChI is InChI=1S/C14H22BrN3O/c1-9(2)10(3)17-14(19)8-18(4)13-6-5-11(15)7-12(13)16/h5-7,9-10H,8,16H2,1-4H3,(H,17,19). The molecule has 3 N–H and O–H groups in total. The van der Waals surface area contributed by atoms with Crippen molar-refractivity contribution in [1.29, 1.82) is 0 Å². The summed E-state index contributed by atoms with van der Waals surface area (Å²) in [5, 5.41) is 2.98. The van der Waals surface area contributed by atoms with E-state index >= 15 is 0 Å². The average Bonchev–Trinajstić information content (AvgIpc) is 2.27. The Hall–Kier alpha value is -1.23. The fourth-order valence-corrected chi connectivity index (χ4v) is 2.02. The van der Waals surface area contributed by atoms with Crippen LogP contribution < -0.4 is 16.0 Å². The minimum atomic E-state index is 0.00557. The topological polar surface area (TPSA) is 58.4 Å². The molecular weight excluding hydrogens is 306 g/mol. The second-order valence-electron chi connectivity index (χ2n) is 5.16. The monoisotopic (exact) mass is 327 g/mol. The van der Waals surface area contributed by atoms with Crippen molar-refractivity contribution in [3.8, 4) is 0 Å². The second kappa shape index (κ2) is 6.80. The number of nitrogens with one attached hydrogen (secondary N) is 1. The molecule has 1 aromatic rings. The molecule has 0 saturated carbocycles. The molecule has 0 fully saturated rings. The number of anilines is 2. The van der Waals surface area contributed by atoms with Crippen LogP contribution >= 0.6 is 15.9 Å². The maximum absolute atomic E-state index is 11.9. The lowest BCUT2D eigenvalue weighted by Gasteiger charge is -2.23. The highest BCUT2D eigenvalue weighted by Gasteiger charge is 2.14. The Morgan fingerprint density at radius 1 is 1.42 bits per heavy atom. The summed E-state index contributed by atoms with van der Waals surface area (Å²) in [5.74, 6) is 0.429. The Morgan fingerprint density at radius 3 is 2.58 bits per heavy atom. The number of amides is 1. The first-order valence-electron chi connectivity index (χ1n) is 6.36. The first-order chi connectivity index (χ1) is 8.81. The number of halogens is 1. The Labute approximate surface area is 123 Å². The van der Waals surface area contributed by atoms with Crippen molar-refractivity contribution >= 4 is 33.2 Å². The van der Waals surface area contributed by atoms with Crippen molar-refractivity contribution in [2.45, 2.75) is 26.8 Å². The SMILES string of the molecule is CC(C)C(C)NC(=O)CN(C)c1ccc(Br)cc1N. The summed E-state index contributed by atoms with van der Waals surface area (Å²) in [6.07, 6.45) is 0. The van der Waals surface area contributed by atoms with E-state index in [2.05, 4.69) is 35.1 Å². The van der Waals surface area contributed by atoms with Crippen molar-refractivity contribution in [2.24, 2.45) is 5.92 Å². The third-order valence-corrected chi connectivity index (χ3v) is 3.66. The van der Waals surface area contributed by atoms with Crippen molar-refractivity contribution in [2.75, 3.05) is 24.2 Å². The van der Waals surface area contributed by atoms with Gasteiger partial charge in [-0.15, -0.1) is 0 Å². The van der Waals surface area contributed by atoms with E-state index in [9.17, 15) is 4.79 Å². The van der Waals surface area contributed by atoms with Crippen molar-refractivity contribution in [1.82, 2.24) is 5.32 Å². The number of nitrogen functional groups attached to an aromatic ring is 1. The maximum Gasteiger partial charge on any atom is 0.239 e. The minimum absolute atomic E-state index is 0.00557. The molecule has 0 saturated heterocycles. The van der Waals surface area contributed by atoms with Gasteiger partial charge in [-0.1, -0.05) is 29.8 Å². The quantitative estimate of drug-likeness (QED) is 0.817. The van der Waals surface area contributed by atoms with E-state index < -0.39 is 0 Å². The minimum Gasteiger partial charge on any atom is -0.397 e. The van der Waals surface area contributed by atoms with Crippen LogP contribution in [0.2, 0.25) is 0 Å². The van der Waals surface area contributed by atoms with Gasteiger partial charge < -0.3 is 16.0 Å². The fraction of sp³-hybridized carbons (Fsp3) is 0.500. The Morgan fingerprint density at radius 2 is 2.05 bits per heavy atom. The molecule has 1 aromatic carbocycles. The predicted octanol–water partition coefficient (Wildman–Crippen LogP) is 2.63. The van der Waals surface area contributed by atoms with Crippen LogP contribution in [0.5, 0.6) is 0 Å². The number of carbonyl (C=O) groups is 1. The Kier molecular flexibility index (Phi) is 5.66. The van der Waals surface area contributed by atoms with Gasteiger partial charge in [0.25, 0.3) is 0 Å². The maximum atomic E-state index is 11.9. The molecule has 0 bridgehead atoms. The molecule has 0 aliphatic rings. The highest BCUT2D eigenvalue weighted by molar-refractivity contribution is 9.10. The van der Waals surface area contributed by atoms with Crippen LogP contribution in [0.3, 0.4) is 0 Å². The summed E-state index contributed by atoms with van der Waals surface area (Å²) in [7, 11) is 1.86. The van der Waals surface area contributed by atoms with Gasteiger partial charge in [-0.25, -0.2) is 0 Å². The van der Waals surface area contributed by atoms with Gasteiger partial charge in [-0.05, 0) is 31.0 Å². The van der Waals surface area contributed by atoms with Crippen LogP contribution in [0, 0.1) is 5.92 Å². The lowest BCUT2D eigenvalue weighted by atomic mass is 10.1. The highest BCUT2D eigenvalue weighted by Crippen LogP contribution is 2.25. The van der Waals surface area contributed by atoms with Gasteiger partial charge in [0.15, 0.2) is 0 Å². The van der Waals surface area contributed by atoms with E-state index in [4.69, 9.17) is 5.73 Å². The number of carbonyl (C=O) groups excluding carboxylic acids is 1. The first-order valence-corrected chi connectivity index (χ1v) is 7.16. The van der Waals surface area contributed by atoms with Gasteiger partial charge in [0.2, 0.25) is 5.91 Å². The van der Waals surface area contributed by atoms with Crippen LogP contribution in [0.15, 0.2) is 22.7 Å². The van der Waals surface area contributed by atoms with Crippen LogP contribution in [0.1, 0.15) is 20.8 Å². The summed E-state index contributed by atoms with van der Waals surface area (Å²) >= 11 is 3.37. The molecule has 106 valence electrons. The zero-order valence-corrected chi connectivity index (χ0v) is 13.5. The van der Waals surface area contributed by atoms with Gasteiger partial charge in [0.1, 0.15) is 0 Å². The van der Waals surface area contributed by atoms with E-state index in [-0.39, 0.29) is 11.9 Å². The number of hydrogen-bond donors (Lipinski definition) is 2. The summed E-state index contributed by atoms with van der Waals surface area (Å²) in [6, 6.07) is 5.82. The van der Waals surface area contributed by atoms with Crippen molar-refractivity contribution in [3.05, 3.63) is 22.7 Å². The molecule has 4 nitrogen and oxygen atoms in total. The number of nitrogens with two attached hydrogens (primary N) is 1. The molecule has 0 radical (unpaired) electrons. The van der Waals surface area contributed by atoms with Crippen molar-refractivity contribution < 1.29 is 4.79 Å². The van der Waals surface area contributed by atoms with Crippen LogP contribution in [0.4, 0.5) is 11.4 Å². The van der Waals surface area contributed by atoms with E-state index in [0.29, 0.717) is 18.2 Å². The van der Waals surface area contributed by atoms with E-state index in [1.807, 2.05) is 37.1 Å². The largest absolute Gasteiger partial charge is 0.397 e. The normalized spacial score (nSPS) is 12.3. The summed E-state index contributed by atoms with van der Waals surface area (Å²) in [5.41, 5.74) is 7.46. The number of likely N-dealkylation sites (N-methyl/N-ethyl adjacent to an activating group) is 1. The van der Waals surface area contributed by atoms with Crippen molar-refractivity contribution in [3.63, 3.8) is 0 Å². The number of benzene rings is 1. The van der Waals surface area contributed by atoms with Gasteiger partial charge >= 0.3 is 0 Å². The summed E-state index contributed by atoms with van der Waals surface area (Å²) < 4.78 is 0.931. The third kappa shape index (κ3) is 4.74. The predicted molar refractivity (Wildman–Crippen MR) is 84.3 cm³/mol. The molecule has 1 amide bonds. The Bertz CT molecular complexity index is 448. The zero-order valence-electron chi connectivity index (χ0n) is 11.9. The zero-order chi connectivity index (χ0) is 14.6. The van der Waals surface area contributed by atoms with Gasteiger partial charge in [-0.3, -0.25) is 4.79 Å². The lowest BCUT2D eigenvalue weighted by Crippen LogP contribution is -2.42. The van der Waals surface area contributed by atoms with E-state index in [0.717, 1.165) is 10.2 Å². The molecule has 0 aromatic heterocycles. The molecule has 5 heteroatoms. The molecule has 1 atom stereocenters. The number of nitrogens with zero attached hydrogens (tertiary/aromatic N) is 1. The molecule has 0 aliphatic carbocycles. The van der Waals surface area contributed by atoms with Crippen LogP contribution in [-0.4, -0.2) is 25.5 Å².